The molecular formula is C26H28N6O5. The summed E-state index contributed by atoms with van der Waals surface area (Å²) in [5.41, 5.74) is 7.70. The lowest BCUT2D eigenvalue weighted by molar-refractivity contribution is -0.315. The molecule has 2 aliphatic rings. The average molecular weight is 505 g/mol. The van der Waals surface area contributed by atoms with Crippen LogP contribution in [0, 0.1) is 0 Å². The number of benzene rings is 1. The van der Waals surface area contributed by atoms with Crippen molar-refractivity contribution in [3.05, 3.63) is 72.7 Å². The van der Waals surface area contributed by atoms with Crippen molar-refractivity contribution in [3.8, 4) is 11.3 Å². The number of aromatic nitrogens is 3. The van der Waals surface area contributed by atoms with Crippen molar-refractivity contribution in [2.24, 2.45) is 0 Å². The van der Waals surface area contributed by atoms with Crippen LogP contribution in [-0.4, -0.2) is 62.4 Å². The van der Waals surface area contributed by atoms with Gasteiger partial charge in [-0.25, -0.2) is 10.4 Å². The molecule has 1 atom stereocenters. The van der Waals surface area contributed by atoms with Gasteiger partial charge in [-0.15, -0.1) is 0 Å². The first-order valence-corrected chi connectivity index (χ1v) is 12.2. The van der Waals surface area contributed by atoms with Crippen molar-refractivity contribution in [1.82, 2.24) is 20.2 Å². The van der Waals surface area contributed by atoms with Crippen LogP contribution in [0.15, 0.2) is 71.6 Å². The number of morpholine rings is 1. The summed E-state index contributed by atoms with van der Waals surface area (Å²) < 4.78 is 13.4. The standard InChI is InChI=1S/C26H28N6O5/c33-26(34,35)7-9-31-17-19(16-27-31)23-14-21-25(37-23)22(30-10-12-36-13-11-30)15-24(28-21)32-8-6-20(29-32)18-4-2-1-3-5-18/h1-6,8,14-17,20,29,33-35H,7,9-13H2. The molecule has 0 saturated carbocycles. The van der Waals surface area contributed by atoms with E-state index >= 15 is 0 Å². The Bertz CT molecular complexity index is 1400. The van der Waals surface area contributed by atoms with Gasteiger partial charge in [-0.05, 0) is 11.6 Å². The summed E-state index contributed by atoms with van der Waals surface area (Å²) in [7, 11) is 0. The molecule has 0 spiro atoms. The number of hydrazine groups is 1. The highest BCUT2D eigenvalue weighted by Gasteiger charge is 2.25. The normalized spacial score (nSPS) is 18.3. The number of nitrogens with one attached hydrogen (secondary N) is 1. The van der Waals surface area contributed by atoms with Crippen LogP contribution in [0.1, 0.15) is 18.0 Å². The number of ether oxygens (including phenoxy) is 1. The molecular weight excluding hydrogens is 476 g/mol. The first-order valence-electron chi connectivity index (χ1n) is 12.2. The maximum absolute atomic E-state index is 9.17. The Morgan fingerprint density at radius 2 is 1.89 bits per heavy atom. The molecule has 192 valence electrons. The van der Waals surface area contributed by atoms with Crippen molar-refractivity contribution in [1.29, 1.82) is 0 Å². The molecule has 1 saturated heterocycles. The molecule has 6 rings (SSSR count). The molecule has 0 amide bonds. The van der Waals surface area contributed by atoms with E-state index in [2.05, 4.69) is 33.6 Å². The van der Waals surface area contributed by atoms with E-state index in [4.69, 9.17) is 29.5 Å². The van der Waals surface area contributed by atoms with E-state index in [0.717, 1.165) is 30.2 Å². The van der Waals surface area contributed by atoms with Crippen molar-refractivity contribution in [2.75, 3.05) is 36.2 Å². The molecule has 1 fully saturated rings. The van der Waals surface area contributed by atoms with Crippen LogP contribution < -0.4 is 15.3 Å². The van der Waals surface area contributed by atoms with Crippen LogP contribution in [0.2, 0.25) is 0 Å². The second-order valence-corrected chi connectivity index (χ2v) is 9.17. The highest BCUT2D eigenvalue weighted by Crippen LogP contribution is 2.37. The van der Waals surface area contributed by atoms with Gasteiger partial charge in [-0.2, -0.15) is 5.10 Å². The van der Waals surface area contributed by atoms with Crippen molar-refractivity contribution >= 4 is 22.6 Å². The number of hydrogen-bond acceptors (Lipinski definition) is 10. The Hall–Kier alpha value is -3.74. The van der Waals surface area contributed by atoms with E-state index in [1.54, 1.807) is 12.4 Å². The molecule has 37 heavy (non-hydrogen) atoms. The number of hydrogen-bond donors (Lipinski definition) is 4. The molecule has 1 unspecified atom stereocenters. The highest BCUT2D eigenvalue weighted by molar-refractivity contribution is 5.92. The number of furan rings is 1. The second-order valence-electron chi connectivity index (χ2n) is 9.17. The molecule has 2 aliphatic heterocycles. The fourth-order valence-electron chi connectivity index (χ4n) is 4.57. The number of fused-ring (bicyclic) bond motifs is 1. The zero-order chi connectivity index (χ0) is 25.4. The summed E-state index contributed by atoms with van der Waals surface area (Å²) in [6.07, 6.45) is 7.18. The van der Waals surface area contributed by atoms with Gasteiger partial charge >= 0.3 is 0 Å². The van der Waals surface area contributed by atoms with E-state index in [1.165, 1.54) is 10.2 Å². The third-order valence-corrected chi connectivity index (χ3v) is 6.50. The van der Waals surface area contributed by atoms with Gasteiger partial charge in [0.1, 0.15) is 17.1 Å². The van der Waals surface area contributed by atoms with E-state index in [1.807, 2.05) is 41.5 Å². The predicted octanol–water partition coefficient (Wildman–Crippen LogP) is 2.13. The van der Waals surface area contributed by atoms with Crippen molar-refractivity contribution in [2.45, 2.75) is 25.0 Å². The van der Waals surface area contributed by atoms with E-state index in [9.17, 15) is 0 Å². The molecule has 4 N–H and O–H groups in total. The maximum Gasteiger partial charge on any atom is 0.277 e. The summed E-state index contributed by atoms with van der Waals surface area (Å²) in [5.74, 6) is -1.40. The Kier molecular flexibility index (Phi) is 6.14. The fraction of sp³-hybridized carbons (Fsp3) is 0.308. The van der Waals surface area contributed by atoms with Crippen LogP contribution in [0.4, 0.5) is 11.5 Å². The lowest BCUT2D eigenvalue weighted by Crippen LogP contribution is -2.37. The van der Waals surface area contributed by atoms with Crippen LogP contribution in [0.25, 0.3) is 22.4 Å². The summed E-state index contributed by atoms with van der Waals surface area (Å²) in [5, 5.41) is 33.7. The zero-order valence-corrected chi connectivity index (χ0v) is 20.1. The topological polar surface area (TPSA) is 132 Å². The van der Waals surface area contributed by atoms with Gasteiger partial charge in [0, 0.05) is 50.6 Å². The Morgan fingerprint density at radius 1 is 1.08 bits per heavy atom. The van der Waals surface area contributed by atoms with Gasteiger partial charge < -0.3 is 29.4 Å². The Labute approximate surface area is 212 Å². The molecule has 4 aromatic rings. The van der Waals surface area contributed by atoms with Gasteiger partial charge in [-0.1, -0.05) is 30.3 Å². The SMILES string of the molecule is OC(O)(O)CCn1cc(-c2cc3nc(N4C=CC(c5ccccc5)N4)cc(N4CCOCC4)c3o2)cn1. The molecule has 1 aromatic carbocycles. The van der Waals surface area contributed by atoms with Crippen LogP contribution in [0.3, 0.4) is 0 Å². The minimum Gasteiger partial charge on any atom is -0.452 e. The third-order valence-electron chi connectivity index (χ3n) is 6.50. The minimum absolute atomic E-state index is 0.0479. The smallest absolute Gasteiger partial charge is 0.277 e. The number of aryl methyl sites for hydroxylation is 1. The molecule has 5 heterocycles. The second kappa shape index (κ2) is 9.61. The Balaban J connectivity index is 1.32. The van der Waals surface area contributed by atoms with E-state index in [0.29, 0.717) is 30.1 Å². The first-order chi connectivity index (χ1) is 17.9. The number of anilines is 2. The molecule has 0 radical (unpaired) electrons. The van der Waals surface area contributed by atoms with E-state index in [-0.39, 0.29) is 19.0 Å². The lowest BCUT2D eigenvalue weighted by Gasteiger charge is -2.29. The summed E-state index contributed by atoms with van der Waals surface area (Å²) in [4.78, 5) is 7.14. The van der Waals surface area contributed by atoms with Gasteiger partial charge in [0.15, 0.2) is 5.58 Å². The molecule has 3 aromatic heterocycles. The zero-order valence-electron chi connectivity index (χ0n) is 20.1. The summed E-state index contributed by atoms with van der Waals surface area (Å²) >= 11 is 0. The fourth-order valence-corrected chi connectivity index (χ4v) is 4.57. The summed E-state index contributed by atoms with van der Waals surface area (Å²) in [6, 6.07) is 14.2. The van der Waals surface area contributed by atoms with Gasteiger partial charge in [0.25, 0.3) is 5.97 Å². The molecule has 11 heteroatoms. The number of rotatable bonds is 7. The number of nitrogens with zero attached hydrogens (tertiary/aromatic N) is 5. The summed E-state index contributed by atoms with van der Waals surface area (Å²) in [6.45, 7) is 2.89. The average Bonchev–Trinajstić information content (AvgIpc) is 3.67. The number of aliphatic hydroxyl groups is 3. The third kappa shape index (κ3) is 5.08. The largest absolute Gasteiger partial charge is 0.452 e. The first kappa shape index (κ1) is 23.6. The van der Waals surface area contributed by atoms with Gasteiger partial charge in [0.05, 0.1) is 36.7 Å². The van der Waals surface area contributed by atoms with Crippen LogP contribution in [0.5, 0.6) is 0 Å². The van der Waals surface area contributed by atoms with Gasteiger partial charge in [0.2, 0.25) is 0 Å². The lowest BCUT2D eigenvalue weighted by atomic mass is 10.1. The molecule has 11 nitrogen and oxygen atoms in total. The van der Waals surface area contributed by atoms with E-state index < -0.39 is 5.97 Å². The number of pyridine rings is 1. The molecule has 0 aliphatic carbocycles. The monoisotopic (exact) mass is 504 g/mol. The Morgan fingerprint density at radius 3 is 2.68 bits per heavy atom. The van der Waals surface area contributed by atoms with Gasteiger partial charge in [-0.3, -0.25) is 9.69 Å². The quantitative estimate of drug-likeness (QED) is 0.278. The van der Waals surface area contributed by atoms with Crippen molar-refractivity contribution in [3.63, 3.8) is 0 Å². The van der Waals surface area contributed by atoms with Crippen molar-refractivity contribution < 1.29 is 24.5 Å². The van der Waals surface area contributed by atoms with Crippen LogP contribution >= 0.6 is 0 Å². The maximum atomic E-state index is 9.17. The minimum atomic E-state index is -2.74. The predicted molar refractivity (Wildman–Crippen MR) is 136 cm³/mol. The van der Waals surface area contributed by atoms with Crippen LogP contribution in [-0.2, 0) is 11.3 Å². The molecule has 0 bridgehead atoms. The highest BCUT2D eigenvalue weighted by atomic mass is 16.7.